The standard InChI is InChI=1S/C29H30N4O2.C17H19N3O3.C15H16BrN3.C15H13N3O2.C15H17N3.C6H6N2O2.C2HF3O/c1-20-25-10-6-7-11-26(25)35-27(20)19-33(2)28(34)13-12-22-14-23-17-30-24(18-32-29(23)31-16-22)15-21-8-4-3-5-9-21;1-2-23-17(22)14(11-12-7-4-3-5-8-12)20-16(21)13-9-6-10-19-15(13)18;16-13-7-12-8-17-14(10-19-15(12)18-9-13)6-11-4-2-1-3-5-11;19-14-11-7-4-8-16-13(11)18-15(20)12(17-14)9-10-5-2-1-3-6-10;1-2-5-12(6-3-1)9-14-11-18-15-13(10-17-14)7-4-8-16-15;7-5-4(6(9)10)2-1-3-8-5;3-2(4,5)1-6/h3-14,16,24,30H,15,17-19H2,1-2H3,(H,31,32);3-10,14H,2,11H2,1H3,(H2,18,19)(H,20,21);1-5,7,9,14,17H,6,8,10H2,(H,18,19);1-8,12H,9H2,(H,17,19)(H,16,18,20);1-8,14,17H,9-11H2,(H,16,18);1-3H,(H2,7,8)(H,9,10);1H/b13-12+;;;;;;/t24-;2*14-;12-;14-;;/m00000../s1. The second-order valence-corrected chi connectivity index (χ2v) is 31.4. The van der Waals surface area contributed by atoms with E-state index in [4.69, 9.17) is 30.5 Å². The first-order valence-electron chi connectivity index (χ1n) is 42.2. The normalized spacial score (nSPS) is 15.3. The van der Waals surface area contributed by atoms with Gasteiger partial charge in [0.05, 0.1) is 24.3 Å². The molecule has 131 heavy (non-hydrogen) atoms. The van der Waals surface area contributed by atoms with Crippen molar-refractivity contribution in [1.82, 2.24) is 61.4 Å². The largest absolute Gasteiger partial charge is 0.478 e. The highest BCUT2D eigenvalue weighted by molar-refractivity contribution is 9.10. The SMILES string of the molecule is Brc1cnc2c(c1)CN[C@@H](Cc1ccccc1)CN2.CCOC(=O)[C@H](Cc1ccccc1)NC(=O)c1cccnc1N.Cc1c(CN(C)C(=O)/C=C/c2cnc3c(c2)CN[C@@H](Cc2ccccc2)CN3)oc2ccccc12.Nc1ncccc1C(=O)O.O=C1N[C@@H](Cc2ccccc2)C(=O)Nc2ncccc21.O=CC(F)(F)F.c1ccc(C[C@H]2CNc3ncccc3CN2)cc1. The maximum atomic E-state index is 12.8. The second-order valence-electron chi connectivity index (χ2n) is 30.5. The number of carbonyl (C=O) groups is 7. The van der Waals surface area contributed by atoms with Gasteiger partial charge in [0, 0.05) is 153 Å². The van der Waals surface area contributed by atoms with Crippen molar-refractivity contribution in [2.24, 2.45) is 0 Å². The number of esters is 1. The van der Waals surface area contributed by atoms with Crippen molar-refractivity contribution in [3.8, 4) is 0 Å². The average Bonchev–Trinajstić information content (AvgIpc) is 1.66. The number of anilines is 6. The van der Waals surface area contributed by atoms with E-state index in [-0.39, 0.29) is 47.1 Å². The van der Waals surface area contributed by atoms with Crippen molar-refractivity contribution < 1.29 is 61.0 Å². The number of carbonyl (C=O) groups excluding carboxylic acids is 6. The molecule has 14 N–H and O–H groups in total. The topological polar surface area (TPSA) is 403 Å². The number of amides is 4. The molecule has 13 aromatic rings. The van der Waals surface area contributed by atoms with Crippen LogP contribution < -0.4 is 59.3 Å². The van der Waals surface area contributed by atoms with Crippen LogP contribution in [0.3, 0.4) is 0 Å². The number of furan rings is 1. The summed E-state index contributed by atoms with van der Waals surface area (Å²) >= 11 is 3.47. The molecule has 4 aliphatic rings. The summed E-state index contributed by atoms with van der Waals surface area (Å²) in [6, 6.07) is 76.1. The first-order valence-corrected chi connectivity index (χ1v) is 43.0. The first-order chi connectivity index (χ1) is 63.4. The molecule has 32 heteroatoms. The molecule has 7 aromatic heterocycles. The molecule has 0 saturated heterocycles. The summed E-state index contributed by atoms with van der Waals surface area (Å²) in [4.78, 5) is 107. The minimum Gasteiger partial charge on any atom is -0.478 e. The van der Waals surface area contributed by atoms with Gasteiger partial charge in [-0.25, -0.2) is 39.5 Å². The molecule has 4 amide bonds. The summed E-state index contributed by atoms with van der Waals surface area (Å²) in [7, 11) is 1.79. The number of likely N-dealkylation sites (N-methyl/N-ethyl adjacent to an activating group) is 1. The number of carboxylic acid groups (broad SMARTS) is 1. The van der Waals surface area contributed by atoms with Gasteiger partial charge in [-0.1, -0.05) is 176 Å². The lowest BCUT2D eigenvalue weighted by Crippen LogP contribution is -2.43. The van der Waals surface area contributed by atoms with Gasteiger partial charge in [-0.15, -0.1) is 0 Å². The Balaban J connectivity index is 0.000000154. The third-order valence-electron chi connectivity index (χ3n) is 20.8. The Hall–Kier alpha value is -14.9. The number of halogens is 4. The van der Waals surface area contributed by atoms with E-state index in [0.717, 1.165) is 125 Å². The average molecular weight is 1840 g/mol. The number of aldehydes is 1. The smallest absolute Gasteiger partial charge is 0.446 e. The van der Waals surface area contributed by atoms with Gasteiger partial charge in [-0.3, -0.25) is 24.0 Å². The number of hydrogen-bond acceptors (Lipinski definition) is 23. The Bertz CT molecular complexity index is 5930. The molecule has 4 aliphatic heterocycles. The third-order valence-corrected chi connectivity index (χ3v) is 21.3. The number of alkyl halides is 3. The Morgan fingerprint density at radius 2 is 1.04 bits per heavy atom. The maximum Gasteiger partial charge on any atom is 0.446 e. The number of rotatable bonds is 19. The number of fused-ring (bicyclic) bond motifs is 5. The number of nitrogens with zero attached hydrogens (tertiary/aromatic N) is 7. The fraction of sp³-hybridized carbons (Fsp3) is 0.222. The lowest BCUT2D eigenvalue weighted by atomic mass is 10.1. The van der Waals surface area contributed by atoms with E-state index in [1.165, 1.54) is 52.3 Å². The predicted molar refractivity (Wildman–Crippen MR) is 503 cm³/mol. The van der Waals surface area contributed by atoms with Gasteiger partial charge in [-0.05, 0) is 149 Å². The third kappa shape index (κ3) is 30.7. The highest BCUT2D eigenvalue weighted by atomic mass is 79.9. The number of nitrogens with two attached hydrogens (primary N) is 2. The fourth-order valence-corrected chi connectivity index (χ4v) is 14.5. The minimum atomic E-state index is -4.64. The lowest BCUT2D eigenvalue weighted by Gasteiger charge is -2.17. The predicted octanol–water partition coefficient (Wildman–Crippen LogP) is 14.2. The number of ether oxygens (including phenoxy) is 1. The number of nitrogen functional groups attached to an aromatic ring is 2. The molecule has 17 rings (SSSR count). The first kappa shape index (κ1) is 96.8. The molecule has 0 fully saturated rings. The van der Waals surface area contributed by atoms with E-state index in [1.807, 2.05) is 122 Å². The molecule has 0 saturated carbocycles. The second kappa shape index (κ2) is 49.5. The number of nitrogens with one attached hydrogen (secondary N) is 9. The van der Waals surface area contributed by atoms with E-state index < -0.39 is 42.4 Å². The zero-order valence-electron chi connectivity index (χ0n) is 72.2. The zero-order chi connectivity index (χ0) is 92.9. The quantitative estimate of drug-likeness (QED) is 0.0203. The summed E-state index contributed by atoms with van der Waals surface area (Å²) in [6.07, 6.45) is 11.5. The van der Waals surface area contributed by atoms with Gasteiger partial charge >= 0.3 is 18.1 Å². The van der Waals surface area contributed by atoms with E-state index >= 15 is 0 Å². The minimum absolute atomic E-state index is 0.0440. The van der Waals surface area contributed by atoms with Gasteiger partial charge in [0.25, 0.3) is 11.8 Å². The van der Waals surface area contributed by atoms with Crippen molar-refractivity contribution >= 4 is 110 Å². The molecule has 0 aliphatic carbocycles. The van der Waals surface area contributed by atoms with Gasteiger partial charge in [-0.2, -0.15) is 13.2 Å². The monoisotopic (exact) mass is 1840 g/mol. The van der Waals surface area contributed by atoms with Gasteiger partial charge < -0.3 is 78.5 Å². The van der Waals surface area contributed by atoms with Crippen LogP contribution in [0.5, 0.6) is 0 Å². The highest BCUT2D eigenvalue weighted by Crippen LogP contribution is 2.28. The van der Waals surface area contributed by atoms with Gasteiger partial charge in [0.15, 0.2) is 0 Å². The van der Waals surface area contributed by atoms with Crippen LogP contribution >= 0.6 is 15.9 Å². The van der Waals surface area contributed by atoms with Gasteiger partial charge in [0.2, 0.25) is 18.1 Å². The van der Waals surface area contributed by atoms with E-state index in [0.29, 0.717) is 48.9 Å². The van der Waals surface area contributed by atoms with Crippen molar-refractivity contribution in [3.05, 3.63) is 362 Å². The highest BCUT2D eigenvalue weighted by Gasteiger charge is 2.30. The Morgan fingerprint density at radius 3 is 1.55 bits per heavy atom. The van der Waals surface area contributed by atoms with Crippen LogP contribution in [0.15, 0.2) is 289 Å². The molecule has 11 heterocycles. The summed E-state index contributed by atoms with van der Waals surface area (Å²) < 4.78 is 43.3. The van der Waals surface area contributed by atoms with Crippen LogP contribution in [0.2, 0.25) is 0 Å². The maximum absolute atomic E-state index is 12.8. The number of para-hydroxylation sites is 1. The number of benzene rings is 6. The number of aromatic carboxylic acids is 1. The summed E-state index contributed by atoms with van der Waals surface area (Å²) in [5, 5.41) is 38.8. The van der Waals surface area contributed by atoms with Gasteiger partial charge in [0.1, 0.15) is 63.9 Å². The number of pyridine rings is 6. The van der Waals surface area contributed by atoms with Crippen molar-refractivity contribution in [1.29, 1.82) is 0 Å². The molecule has 0 unspecified atom stereocenters. The van der Waals surface area contributed by atoms with Crippen LogP contribution in [-0.2, 0) is 82.2 Å². The summed E-state index contributed by atoms with van der Waals surface area (Å²) in [6.45, 7) is 9.51. The molecular weight excluding hydrogens is 1740 g/mol. The van der Waals surface area contributed by atoms with Crippen LogP contribution in [0.1, 0.15) is 99.4 Å². The van der Waals surface area contributed by atoms with Crippen molar-refractivity contribution in [2.75, 3.05) is 66.0 Å². The van der Waals surface area contributed by atoms with Crippen LogP contribution in [-0.4, -0.2) is 151 Å². The summed E-state index contributed by atoms with van der Waals surface area (Å²) in [5.74, 6) is 1.59. The van der Waals surface area contributed by atoms with E-state index in [1.54, 1.807) is 61.6 Å². The fourth-order valence-electron chi connectivity index (χ4n) is 14.1. The Morgan fingerprint density at radius 1 is 0.580 bits per heavy atom. The molecule has 0 radical (unpaired) electrons. The molecular formula is C99H102BrF3N18O10. The van der Waals surface area contributed by atoms with Crippen LogP contribution in [0.4, 0.5) is 48.1 Å². The molecule has 676 valence electrons. The number of carboxylic acids is 1. The Labute approximate surface area is 764 Å². The summed E-state index contributed by atoms with van der Waals surface area (Å²) in [5.41, 5.74) is 23.9. The van der Waals surface area contributed by atoms with E-state index in [2.05, 4.69) is 197 Å². The van der Waals surface area contributed by atoms with Crippen molar-refractivity contribution in [3.63, 3.8) is 0 Å². The zero-order valence-corrected chi connectivity index (χ0v) is 73.8. The number of aryl methyl sites for hydroxylation is 1. The molecule has 28 nitrogen and oxygen atoms in total. The van der Waals surface area contributed by atoms with E-state index in [9.17, 15) is 41.9 Å². The number of hydrogen-bond donors (Lipinski definition) is 12. The molecule has 0 bridgehead atoms. The molecule has 5 atom stereocenters. The van der Waals surface area contributed by atoms with Crippen molar-refractivity contribution in [2.45, 2.75) is 109 Å². The lowest BCUT2D eigenvalue weighted by molar-refractivity contribution is -0.156. The Kier molecular flexibility index (Phi) is 36.5. The van der Waals surface area contributed by atoms with Crippen LogP contribution in [0.25, 0.3) is 17.0 Å². The number of aromatic nitrogens is 6. The molecule has 0 spiro atoms. The molecule has 6 aromatic carbocycles. The van der Waals surface area contributed by atoms with Crippen LogP contribution in [0, 0.1) is 6.92 Å².